The van der Waals surface area contributed by atoms with E-state index in [0.29, 0.717) is 0 Å². The molecule has 0 aliphatic rings. The molecule has 18 heavy (non-hydrogen) atoms. The average molecular weight is 387 g/mol. The second-order valence-electron chi connectivity index (χ2n) is 3.26. The van der Waals surface area contributed by atoms with E-state index < -0.39 is 7.82 Å². The Morgan fingerprint density at radius 1 is 0.778 bits per heavy atom. The van der Waals surface area contributed by atoms with Crippen LogP contribution in [0.5, 0.6) is 11.5 Å². The molecule has 0 aliphatic heterocycles. The Morgan fingerprint density at radius 2 is 1.11 bits per heavy atom. The van der Waals surface area contributed by atoms with Crippen LogP contribution in [0, 0.1) is 0 Å². The Hall–Kier alpha value is -0.199. The van der Waals surface area contributed by atoms with Crippen molar-refractivity contribution in [1.82, 2.24) is 0 Å². The van der Waals surface area contributed by atoms with Gasteiger partial charge in [-0.15, -0.1) is 0 Å². The van der Waals surface area contributed by atoms with E-state index in [1.165, 1.54) is 0 Å². The van der Waals surface area contributed by atoms with Gasteiger partial charge in [0.2, 0.25) is 0 Å². The van der Waals surface area contributed by atoms with Gasteiger partial charge >= 0.3 is 56.7 Å². The molecule has 0 bridgehead atoms. The van der Waals surface area contributed by atoms with Crippen LogP contribution in [-0.2, 0) is 4.57 Å². The quantitative estimate of drug-likeness (QED) is 0.597. The predicted octanol–water partition coefficient (Wildman–Crippen LogP) is 2.23. The van der Waals surface area contributed by atoms with Crippen molar-refractivity contribution in [3.05, 3.63) is 60.7 Å². The first kappa shape index (κ1) is 15.9. The summed E-state index contributed by atoms with van der Waals surface area (Å²) in [5.74, 6) is 0.448. The molecule has 0 aliphatic carbocycles. The van der Waals surface area contributed by atoms with Crippen molar-refractivity contribution in [2.45, 2.75) is 0 Å². The van der Waals surface area contributed by atoms with Gasteiger partial charge in [-0.3, -0.25) is 0 Å². The largest absolute Gasteiger partial charge is 2.00 e. The minimum atomic E-state index is -4.39. The summed E-state index contributed by atoms with van der Waals surface area (Å²) < 4.78 is 21.1. The third kappa shape index (κ3) is 5.20. The fourth-order valence-corrected chi connectivity index (χ4v) is 2.04. The van der Waals surface area contributed by atoms with Crippen LogP contribution in [0.4, 0.5) is 0 Å². The second kappa shape index (κ2) is 7.41. The van der Waals surface area contributed by atoms with E-state index in [1.807, 2.05) is 0 Å². The van der Waals surface area contributed by atoms with Gasteiger partial charge in [0, 0.05) is 0 Å². The molecule has 6 heteroatoms. The number of hydrogen-bond donors (Lipinski definition) is 0. The standard InChI is InChI=1S/C12H11O4P.Ba/c13-17(14,15-11-7-3-1-4-8-11)16-12-9-5-2-6-10-12;/h1-10H,(H,13,14);/q;+2/p-1. The maximum absolute atomic E-state index is 11.6. The van der Waals surface area contributed by atoms with Crippen molar-refractivity contribution in [2.75, 3.05) is 0 Å². The van der Waals surface area contributed by atoms with Gasteiger partial charge in [-0.05, 0) is 24.3 Å². The van der Waals surface area contributed by atoms with Crippen molar-refractivity contribution < 1.29 is 18.5 Å². The summed E-state index contributed by atoms with van der Waals surface area (Å²) in [5.41, 5.74) is 0. The number of benzene rings is 2. The molecule has 0 unspecified atom stereocenters. The molecule has 0 aromatic heterocycles. The van der Waals surface area contributed by atoms with Crippen molar-refractivity contribution >= 4 is 56.7 Å². The number of rotatable bonds is 4. The van der Waals surface area contributed by atoms with Gasteiger partial charge in [0.1, 0.15) is 11.5 Å². The molecule has 4 nitrogen and oxygen atoms in total. The van der Waals surface area contributed by atoms with Crippen LogP contribution in [0.1, 0.15) is 0 Å². The molecule has 0 radical (unpaired) electrons. The Bertz CT molecular complexity index is 473. The molecule has 2 rings (SSSR count). The van der Waals surface area contributed by atoms with Crippen molar-refractivity contribution in [1.29, 1.82) is 0 Å². The molecule has 0 atom stereocenters. The van der Waals surface area contributed by atoms with E-state index >= 15 is 0 Å². The zero-order valence-electron chi connectivity index (χ0n) is 9.56. The van der Waals surface area contributed by atoms with Gasteiger partial charge in [0.25, 0.3) is 0 Å². The summed E-state index contributed by atoms with van der Waals surface area (Å²) in [6, 6.07) is 16.4. The van der Waals surface area contributed by atoms with Crippen LogP contribution >= 0.6 is 7.82 Å². The van der Waals surface area contributed by atoms with Crippen LogP contribution in [0.25, 0.3) is 0 Å². The van der Waals surface area contributed by atoms with Gasteiger partial charge in [-0.1, -0.05) is 36.4 Å². The maximum Gasteiger partial charge on any atom is 2.00 e. The van der Waals surface area contributed by atoms with E-state index in [1.54, 1.807) is 60.7 Å². The molecule has 0 fully saturated rings. The first-order chi connectivity index (χ1) is 8.16. The number of para-hydroxylation sites is 2. The predicted molar refractivity (Wildman–Crippen MR) is 67.5 cm³/mol. The summed E-state index contributed by atoms with van der Waals surface area (Å²) in [6.07, 6.45) is 0. The van der Waals surface area contributed by atoms with Gasteiger partial charge < -0.3 is 13.9 Å². The Balaban J connectivity index is 0.00000162. The fourth-order valence-electron chi connectivity index (χ4n) is 1.24. The van der Waals surface area contributed by atoms with E-state index in [0.717, 1.165) is 0 Å². The molecule has 0 spiro atoms. The zero-order chi connectivity index (χ0) is 12.1. The molecule has 2 aromatic rings. The molecular formula is C12H10BaO4P+. The Labute approximate surface area is 146 Å². The number of phosphoric acid groups is 1. The topological polar surface area (TPSA) is 58.6 Å². The monoisotopic (exact) mass is 387 g/mol. The number of hydrogen-bond acceptors (Lipinski definition) is 4. The van der Waals surface area contributed by atoms with E-state index in [9.17, 15) is 9.46 Å². The summed E-state index contributed by atoms with van der Waals surface area (Å²) in [6.45, 7) is 0. The van der Waals surface area contributed by atoms with Crippen LogP contribution in [0.3, 0.4) is 0 Å². The average Bonchev–Trinajstić information content (AvgIpc) is 2.30. The third-order valence-corrected chi connectivity index (χ3v) is 2.79. The smallest absolute Gasteiger partial charge is 0.736 e. The number of phosphoric ester groups is 1. The molecule has 88 valence electrons. The van der Waals surface area contributed by atoms with Crippen molar-refractivity contribution in [3.63, 3.8) is 0 Å². The summed E-state index contributed by atoms with van der Waals surface area (Å²) in [7, 11) is -4.39. The van der Waals surface area contributed by atoms with Gasteiger partial charge in [0.15, 0.2) is 0 Å². The first-order valence-electron chi connectivity index (χ1n) is 4.96. The molecule has 0 amide bonds. The first-order valence-corrected chi connectivity index (χ1v) is 6.42. The fraction of sp³-hybridized carbons (Fsp3) is 0. The SMILES string of the molecule is O=P([O-])(Oc1ccccc1)Oc1ccccc1.[Ba+2]. The van der Waals surface area contributed by atoms with Crippen LogP contribution in [0.15, 0.2) is 60.7 Å². The summed E-state index contributed by atoms with van der Waals surface area (Å²) >= 11 is 0. The van der Waals surface area contributed by atoms with Crippen molar-refractivity contribution in [3.8, 4) is 11.5 Å². The maximum atomic E-state index is 11.6. The van der Waals surface area contributed by atoms with E-state index in [4.69, 9.17) is 9.05 Å². The van der Waals surface area contributed by atoms with Crippen LogP contribution < -0.4 is 13.9 Å². The van der Waals surface area contributed by atoms with Gasteiger partial charge in [-0.25, -0.2) is 4.57 Å². The summed E-state index contributed by atoms with van der Waals surface area (Å²) in [5, 5.41) is 0. The molecule has 0 heterocycles. The van der Waals surface area contributed by atoms with Gasteiger partial charge in [-0.2, -0.15) is 0 Å². The molecule has 2 aromatic carbocycles. The van der Waals surface area contributed by atoms with E-state index in [-0.39, 0.29) is 60.4 Å². The molecular weight excluding hydrogens is 376 g/mol. The minimum absolute atomic E-state index is 0. The molecule has 0 N–H and O–H groups in total. The third-order valence-electron chi connectivity index (χ3n) is 1.92. The van der Waals surface area contributed by atoms with E-state index in [2.05, 4.69) is 0 Å². The molecule has 0 saturated heterocycles. The Kier molecular flexibility index (Phi) is 6.52. The normalized spacial score (nSPS) is 10.3. The van der Waals surface area contributed by atoms with Gasteiger partial charge in [0.05, 0.1) is 0 Å². The van der Waals surface area contributed by atoms with Crippen LogP contribution in [0.2, 0.25) is 0 Å². The zero-order valence-corrected chi connectivity index (χ0v) is 14.9. The van der Waals surface area contributed by atoms with Crippen molar-refractivity contribution in [2.24, 2.45) is 0 Å². The molecule has 0 saturated carbocycles. The second-order valence-corrected chi connectivity index (χ2v) is 4.52. The summed E-state index contributed by atoms with van der Waals surface area (Å²) in [4.78, 5) is 11.6. The Morgan fingerprint density at radius 3 is 1.44 bits per heavy atom. The minimum Gasteiger partial charge on any atom is -0.736 e. The van der Waals surface area contributed by atoms with Crippen LogP contribution in [-0.4, -0.2) is 48.9 Å².